The van der Waals surface area contributed by atoms with E-state index in [1.807, 2.05) is 73.3 Å². The molecule has 1 saturated heterocycles. The maximum absolute atomic E-state index is 13.9. The number of anilines is 3. The highest BCUT2D eigenvalue weighted by molar-refractivity contribution is 6.38. The van der Waals surface area contributed by atoms with Crippen molar-refractivity contribution < 1.29 is 19.8 Å². The number of carbonyl (C=O) groups is 2. The zero-order valence-corrected chi connectivity index (χ0v) is 32.3. The summed E-state index contributed by atoms with van der Waals surface area (Å²) in [6, 6.07) is 18.1. The molecule has 1 saturated carbocycles. The molecule has 2 fully saturated rings. The van der Waals surface area contributed by atoms with Crippen molar-refractivity contribution in [2.45, 2.75) is 77.1 Å². The lowest BCUT2D eigenvalue weighted by Crippen LogP contribution is -2.42. The molecule has 55 heavy (non-hydrogen) atoms. The topological polar surface area (TPSA) is 140 Å². The first-order valence-electron chi connectivity index (χ1n) is 19.1. The van der Waals surface area contributed by atoms with Crippen molar-refractivity contribution >= 4 is 51.7 Å². The number of aliphatic hydroxyl groups is 1. The maximum atomic E-state index is 13.9. The van der Waals surface area contributed by atoms with Gasteiger partial charge in [-0.15, -0.1) is 0 Å². The van der Waals surface area contributed by atoms with Gasteiger partial charge in [0, 0.05) is 93.2 Å². The number of aliphatic carboxylic acids is 1. The minimum Gasteiger partial charge on any atom is -0.481 e. The third-order valence-corrected chi connectivity index (χ3v) is 12.1. The molecule has 12 nitrogen and oxygen atoms in total. The number of amides is 1. The predicted molar refractivity (Wildman–Crippen MR) is 213 cm³/mol. The van der Waals surface area contributed by atoms with Crippen LogP contribution in [-0.4, -0.2) is 82.7 Å². The van der Waals surface area contributed by atoms with Crippen LogP contribution < -0.4 is 9.74 Å². The normalized spacial score (nSPS) is 21.8. The number of nitrogens with one attached hydrogen (secondary N) is 1. The third kappa shape index (κ3) is 7.56. The van der Waals surface area contributed by atoms with Crippen molar-refractivity contribution in [3.05, 3.63) is 95.3 Å². The number of β-amino-alcohol motifs (C(OH)–C–C–N with tert-alkyl or cyclic N) is 1. The van der Waals surface area contributed by atoms with Gasteiger partial charge in [0.2, 0.25) is 5.82 Å². The lowest BCUT2D eigenvalue weighted by molar-refractivity contribution is -0.143. The smallest absolute Gasteiger partial charge is 0.308 e. The highest BCUT2D eigenvalue weighted by atomic mass is 35.5. The van der Waals surface area contributed by atoms with Gasteiger partial charge in [-0.3, -0.25) is 24.4 Å². The van der Waals surface area contributed by atoms with Crippen LogP contribution in [0.1, 0.15) is 72.2 Å². The molecule has 1 aliphatic carbocycles. The Labute approximate surface area is 325 Å². The zero-order valence-electron chi connectivity index (χ0n) is 31.5. The fourth-order valence-electron chi connectivity index (χ4n) is 8.67. The SMILES string of the molecule is Cc1c(Nc2nccc3cc(CN4CCC(C)(O)C4)cnc23)cccc1-c1cccc(N(Cl)C(=O)c2nc3c(n2C)CCN(C2CCC(C(=O)O)CC2)C3)c1. The molecular formula is C42H47ClN8O4. The number of pyridine rings is 2. The summed E-state index contributed by atoms with van der Waals surface area (Å²) in [7, 11) is 1.87. The van der Waals surface area contributed by atoms with Gasteiger partial charge in [0.1, 0.15) is 5.52 Å². The summed E-state index contributed by atoms with van der Waals surface area (Å²) < 4.78 is 3.01. The summed E-state index contributed by atoms with van der Waals surface area (Å²) in [6.45, 7) is 7.67. The van der Waals surface area contributed by atoms with Crippen LogP contribution in [0.2, 0.25) is 0 Å². The number of carboxylic acid groups (broad SMARTS) is 1. The standard InChI is InChI=1S/C42H47ClN8O4/c1-26-33(8-5-9-34(26)46-38-37-30(14-17-44-38)20-27(22-45-37)23-49-19-16-42(2,55)25-49)29-6-4-7-32(21-29)51(43)40(52)39-47-35-24-50(18-15-36(35)48(39)3)31-12-10-28(11-13-31)41(53)54/h4-9,14,17,20-22,28,31,55H,10-13,15-16,18-19,23-25H2,1-3H3,(H,44,46)(H,53,54). The Hall–Kier alpha value is -4.88. The summed E-state index contributed by atoms with van der Waals surface area (Å²) in [5, 5.41) is 24.3. The van der Waals surface area contributed by atoms with Gasteiger partial charge in [0.05, 0.1) is 22.9 Å². The number of fused-ring (bicyclic) bond motifs is 2. The van der Waals surface area contributed by atoms with Gasteiger partial charge in [0.25, 0.3) is 0 Å². The molecule has 0 radical (unpaired) electrons. The fraction of sp³-hybridized carbons (Fsp3) is 0.405. The fourth-order valence-corrected chi connectivity index (χ4v) is 8.85. The van der Waals surface area contributed by atoms with E-state index in [4.69, 9.17) is 21.7 Å². The first-order valence-corrected chi connectivity index (χ1v) is 19.4. The minimum absolute atomic E-state index is 0.250. The number of hydrogen-bond donors (Lipinski definition) is 3. The first kappa shape index (κ1) is 37.1. The number of halogens is 1. The van der Waals surface area contributed by atoms with Crippen molar-refractivity contribution in [2.24, 2.45) is 13.0 Å². The highest BCUT2D eigenvalue weighted by Gasteiger charge is 2.34. The molecule has 286 valence electrons. The van der Waals surface area contributed by atoms with Gasteiger partial charge in [-0.2, -0.15) is 0 Å². The summed E-state index contributed by atoms with van der Waals surface area (Å²) in [5.41, 5.74) is 7.44. The Morgan fingerprint density at radius 3 is 2.62 bits per heavy atom. The van der Waals surface area contributed by atoms with Crippen molar-refractivity contribution in [1.29, 1.82) is 0 Å². The maximum Gasteiger partial charge on any atom is 0.308 e. The Morgan fingerprint density at radius 1 is 1.05 bits per heavy atom. The molecule has 5 aromatic rings. The average Bonchev–Trinajstić information content (AvgIpc) is 3.71. The second-order valence-corrected chi connectivity index (χ2v) is 16.1. The van der Waals surface area contributed by atoms with Crippen LogP contribution in [0.5, 0.6) is 0 Å². The van der Waals surface area contributed by atoms with Crippen LogP contribution in [0.4, 0.5) is 17.2 Å². The van der Waals surface area contributed by atoms with E-state index in [-0.39, 0.29) is 11.7 Å². The number of benzene rings is 2. The van der Waals surface area contributed by atoms with E-state index in [9.17, 15) is 19.8 Å². The summed E-state index contributed by atoms with van der Waals surface area (Å²) in [5.74, 6) is -0.402. The van der Waals surface area contributed by atoms with Crippen LogP contribution in [0.25, 0.3) is 22.0 Å². The molecule has 0 bridgehead atoms. The lowest BCUT2D eigenvalue weighted by atomic mass is 9.85. The zero-order chi connectivity index (χ0) is 38.4. The van der Waals surface area contributed by atoms with Gasteiger partial charge in [-0.25, -0.2) is 14.4 Å². The molecule has 1 atom stereocenters. The molecule has 3 aliphatic rings. The second-order valence-electron chi connectivity index (χ2n) is 15.7. The Bertz CT molecular complexity index is 2270. The lowest BCUT2D eigenvalue weighted by Gasteiger charge is -2.37. The van der Waals surface area contributed by atoms with E-state index in [2.05, 4.69) is 33.1 Å². The van der Waals surface area contributed by atoms with Gasteiger partial charge in [0.15, 0.2) is 5.82 Å². The van der Waals surface area contributed by atoms with Gasteiger partial charge in [-0.05, 0) is 98.5 Å². The minimum atomic E-state index is -0.697. The number of rotatable bonds is 9. The first-order chi connectivity index (χ1) is 26.4. The monoisotopic (exact) mass is 762 g/mol. The molecule has 2 aromatic carbocycles. The van der Waals surface area contributed by atoms with E-state index < -0.39 is 17.5 Å². The van der Waals surface area contributed by atoms with Gasteiger partial charge >= 0.3 is 11.9 Å². The quantitative estimate of drug-likeness (QED) is 0.137. The number of nitrogens with zero attached hydrogens (tertiary/aromatic N) is 7. The summed E-state index contributed by atoms with van der Waals surface area (Å²) in [4.78, 5) is 44.2. The molecule has 3 N–H and O–H groups in total. The van der Waals surface area contributed by atoms with E-state index in [1.165, 1.54) is 0 Å². The van der Waals surface area contributed by atoms with Crippen molar-refractivity contribution in [3.63, 3.8) is 0 Å². The highest BCUT2D eigenvalue weighted by Crippen LogP contribution is 2.35. The van der Waals surface area contributed by atoms with Crippen LogP contribution in [0.15, 0.2) is 67.0 Å². The Balaban J connectivity index is 0.973. The van der Waals surface area contributed by atoms with Crippen LogP contribution >= 0.6 is 11.8 Å². The van der Waals surface area contributed by atoms with Gasteiger partial charge in [-0.1, -0.05) is 24.3 Å². The van der Waals surface area contributed by atoms with Crippen LogP contribution in [-0.2, 0) is 31.4 Å². The van der Waals surface area contributed by atoms with E-state index in [1.54, 1.807) is 6.20 Å². The van der Waals surface area contributed by atoms with Crippen LogP contribution in [0.3, 0.4) is 0 Å². The summed E-state index contributed by atoms with van der Waals surface area (Å²) in [6.07, 6.45) is 8.32. The predicted octanol–water partition coefficient (Wildman–Crippen LogP) is 6.84. The summed E-state index contributed by atoms with van der Waals surface area (Å²) >= 11 is 6.81. The number of likely N-dealkylation sites (tertiary alicyclic amines) is 1. The second kappa shape index (κ2) is 15.0. The molecule has 2 aliphatic heterocycles. The molecule has 3 aromatic heterocycles. The number of hydrogen-bond acceptors (Lipinski definition) is 9. The largest absolute Gasteiger partial charge is 0.481 e. The van der Waals surface area contributed by atoms with Gasteiger partial charge < -0.3 is 20.1 Å². The van der Waals surface area contributed by atoms with Crippen molar-refractivity contribution in [2.75, 3.05) is 29.4 Å². The molecular weight excluding hydrogens is 716 g/mol. The molecule has 8 rings (SSSR count). The Kier molecular flexibility index (Phi) is 10.1. The number of aromatic nitrogens is 4. The van der Waals surface area contributed by atoms with E-state index >= 15 is 0 Å². The third-order valence-electron chi connectivity index (χ3n) is 11.8. The van der Waals surface area contributed by atoms with E-state index in [0.717, 1.165) is 100.0 Å². The number of carbonyl (C=O) groups excluding carboxylic acids is 1. The van der Waals surface area contributed by atoms with Crippen molar-refractivity contribution in [1.82, 2.24) is 29.3 Å². The van der Waals surface area contributed by atoms with Crippen LogP contribution in [0, 0.1) is 12.8 Å². The molecule has 13 heteroatoms. The molecule has 1 unspecified atom stereocenters. The molecule has 0 spiro atoms. The molecule has 5 heterocycles. The molecule has 1 amide bonds. The Morgan fingerprint density at radius 2 is 1.85 bits per heavy atom. The van der Waals surface area contributed by atoms with Crippen molar-refractivity contribution in [3.8, 4) is 11.1 Å². The average molecular weight is 763 g/mol. The number of carboxylic acids is 1. The van der Waals surface area contributed by atoms with E-state index in [0.29, 0.717) is 43.5 Å². The number of imidazole rings is 1.